The molecular weight excluding hydrogens is 135 g/mol. The summed E-state index contributed by atoms with van der Waals surface area (Å²) in [5, 5.41) is 8.42. The fourth-order valence-corrected chi connectivity index (χ4v) is 0.120. The Bertz CT molecular complexity index is 83.8. The molecule has 0 rings (SSSR count). The highest BCUT2D eigenvalue weighted by molar-refractivity contribution is 4.80. The maximum atomic E-state index is 11.8. The average Bonchev–Trinajstić information content (AvgIpc) is 1.65. The quantitative estimate of drug-likeness (QED) is 0.544. The Labute approximate surface area is 50.5 Å². The molecule has 0 aromatic heterocycles. The van der Waals surface area contributed by atoms with Crippen LogP contribution in [0.2, 0.25) is 0 Å². The Morgan fingerprint density at radius 3 is 1.78 bits per heavy atom. The molecule has 2 unspecified atom stereocenters. The summed E-state index contributed by atoms with van der Waals surface area (Å²) < 4.78 is 34.8. The molecule has 3 N–H and O–H groups in total. The van der Waals surface area contributed by atoms with Gasteiger partial charge in [-0.15, -0.1) is 0 Å². The fraction of sp³-hybridized carbons (Fsp3) is 1.00. The molecule has 0 saturated heterocycles. The lowest BCUT2D eigenvalue weighted by molar-refractivity contribution is -0.125. The second kappa shape index (κ2) is 2.53. The lowest BCUT2D eigenvalue weighted by Gasteiger charge is -2.22. The van der Waals surface area contributed by atoms with Gasteiger partial charge in [0.2, 0.25) is 0 Å². The Morgan fingerprint density at radius 1 is 1.44 bits per heavy atom. The molecular formula is C4H8F3NO. The van der Waals surface area contributed by atoms with Crippen molar-refractivity contribution >= 4 is 0 Å². The number of halogens is 3. The van der Waals surface area contributed by atoms with E-state index in [2.05, 4.69) is 5.73 Å². The molecule has 0 aromatic carbocycles. The maximum Gasteiger partial charge on any atom is 0.270 e. The lowest BCUT2D eigenvalue weighted by atomic mass is 10.1. The third-order valence-corrected chi connectivity index (χ3v) is 1.00. The zero-order valence-electron chi connectivity index (χ0n) is 4.81. The fourth-order valence-electron chi connectivity index (χ4n) is 0.120. The molecule has 2 atom stereocenters. The number of alkyl halides is 3. The van der Waals surface area contributed by atoms with Crippen LogP contribution in [0.15, 0.2) is 0 Å². The Kier molecular flexibility index (Phi) is 2.45. The number of hydrogen-bond acceptors (Lipinski definition) is 2. The number of hydrogen-bond donors (Lipinski definition) is 2. The lowest BCUT2D eigenvalue weighted by Crippen LogP contribution is -2.48. The van der Waals surface area contributed by atoms with Crippen LogP contribution in [0, 0.1) is 0 Å². The SMILES string of the molecule is CC(O)(C(N)F)C(F)F. The van der Waals surface area contributed by atoms with Crippen molar-refractivity contribution in [1.82, 2.24) is 0 Å². The van der Waals surface area contributed by atoms with Gasteiger partial charge in [-0.05, 0) is 6.92 Å². The second-order valence-corrected chi connectivity index (χ2v) is 1.93. The Balaban J connectivity index is 4.01. The zero-order chi connectivity index (χ0) is 7.65. The summed E-state index contributed by atoms with van der Waals surface area (Å²) in [4.78, 5) is 0. The van der Waals surface area contributed by atoms with Gasteiger partial charge in [-0.2, -0.15) is 0 Å². The third-order valence-electron chi connectivity index (χ3n) is 1.00. The van der Waals surface area contributed by atoms with Crippen LogP contribution in [0.4, 0.5) is 13.2 Å². The predicted octanol–water partition coefficient (Wildman–Crippen LogP) is 0.257. The van der Waals surface area contributed by atoms with E-state index in [4.69, 9.17) is 5.11 Å². The van der Waals surface area contributed by atoms with Gasteiger partial charge in [0, 0.05) is 0 Å². The summed E-state index contributed by atoms with van der Waals surface area (Å²) in [6.07, 6.45) is -5.56. The van der Waals surface area contributed by atoms with Gasteiger partial charge in [0.25, 0.3) is 6.43 Å². The van der Waals surface area contributed by atoms with Gasteiger partial charge in [0.05, 0.1) is 0 Å². The molecule has 0 amide bonds. The second-order valence-electron chi connectivity index (χ2n) is 1.93. The molecule has 0 radical (unpaired) electrons. The molecule has 0 fully saturated rings. The van der Waals surface area contributed by atoms with E-state index in [1.807, 2.05) is 0 Å². The summed E-state index contributed by atoms with van der Waals surface area (Å²) in [6, 6.07) is 0. The van der Waals surface area contributed by atoms with Gasteiger partial charge < -0.3 is 5.11 Å². The first-order valence-electron chi connectivity index (χ1n) is 2.29. The smallest absolute Gasteiger partial charge is 0.270 e. The van der Waals surface area contributed by atoms with Crippen molar-refractivity contribution in [3.05, 3.63) is 0 Å². The molecule has 0 spiro atoms. The molecule has 0 bridgehead atoms. The van der Waals surface area contributed by atoms with Crippen molar-refractivity contribution in [2.75, 3.05) is 0 Å². The van der Waals surface area contributed by atoms with Gasteiger partial charge in [0.15, 0.2) is 11.9 Å². The van der Waals surface area contributed by atoms with Crippen molar-refractivity contribution in [3.63, 3.8) is 0 Å². The Morgan fingerprint density at radius 2 is 1.78 bits per heavy atom. The van der Waals surface area contributed by atoms with E-state index < -0.39 is 18.3 Å². The van der Waals surface area contributed by atoms with E-state index in [0.29, 0.717) is 6.92 Å². The van der Waals surface area contributed by atoms with Crippen molar-refractivity contribution in [2.24, 2.45) is 5.73 Å². The Hall–Kier alpha value is -0.290. The van der Waals surface area contributed by atoms with E-state index in [-0.39, 0.29) is 0 Å². The van der Waals surface area contributed by atoms with Crippen LogP contribution in [-0.4, -0.2) is 23.4 Å². The zero-order valence-corrected chi connectivity index (χ0v) is 4.81. The van der Waals surface area contributed by atoms with Crippen LogP contribution < -0.4 is 5.73 Å². The number of nitrogens with two attached hydrogens (primary N) is 1. The first-order valence-corrected chi connectivity index (χ1v) is 2.29. The molecule has 0 aliphatic rings. The molecule has 5 heteroatoms. The summed E-state index contributed by atoms with van der Waals surface area (Å²) >= 11 is 0. The minimum absolute atomic E-state index is 0.641. The standard InChI is InChI=1S/C4H8F3NO/c1-4(9,2(5)6)3(7)8/h2-3,9H,8H2,1H3. The van der Waals surface area contributed by atoms with Crippen molar-refractivity contribution in [1.29, 1.82) is 0 Å². The van der Waals surface area contributed by atoms with E-state index >= 15 is 0 Å². The molecule has 0 aliphatic heterocycles. The van der Waals surface area contributed by atoms with Crippen LogP contribution >= 0.6 is 0 Å². The van der Waals surface area contributed by atoms with Crippen LogP contribution in [0.1, 0.15) is 6.92 Å². The van der Waals surface area contributed by atoms with Gasteiger partial charge in [-0.1, -0.05) is 0 Å². The highest BCUT2D eigenvalue weighted by atomic mass is 19.3. The van der Waals surface area contributed by atoms with Crippen molar-refractivity contribution in [3.8, 4) is 0 Å². The monoisotopic (exact) mass is 143 g/mol. The highest BCUT2D eigenvalue weighted by Crippen LogP contribution is 2.18. The molecule has 9 heavy (non-hydrogen) atoms. The molecule has 0 aromatic rings. The molecule has 56 valence electrons. The highest BCUT2D eigenvalue weighted by Gasteiger charge is 2.39. The molecule has 0 saturated carbocycles. The van der Waals surface area contributed by atoms with Gasteiger partial charge in [-0.3, -0.25) is 5.73 Å². The molecule has 0 heterocycles. The van der Waals surface area contributed by atoms with Crippen molar-refractivity contribution in [2.45, 2.75) is 25.2 Å². The van der Waals surface area contributed by atoms with Crippen LogP contribution in [0.25, 0.3) is 0 Å². The van der Waals surface area contributed by atoms with E-state index in [0.717, 1.165) is 0 Å². The molecule has 2 nitrogen and oxygen atoms in total. The van der Waals surface area contributed by atoms with Gasteiger partial charge in [0.1, 0.15) is 0 Å². The summed E-state index contributed by atoms with van der Waals surface area (Å²) in [6.45, 7) is 0.641. The minimum Gasteiger partial charge on any atom is -0.380 e. The van der Waals surface area contributed by atoms with E-state index in [9.17, 15) is 13.2 Å². The first kappa shape index (κ1) is 8.71. The first-order chi connectivity index (χ1) is 3.89. The summed E-state index contributed by atoms with van der Waals surface area (Å²) in [7, 11) is 0. The van der Waals surface area contributed by atoms with Crippen LogP contribution in [0.3, 0.4) is 0 Å². The van der Waals surface area contributed by atoms with Crippen LogP contribution in [-0.2, 0) is 0 Å². The van der Waals surface area contributed by atoms with Crippen molar-refractivity contribution < 1.29 is 18.3 Å². The average molecular weight is 143 g/mol. The normalized spacial score (nSPS) is 21.7. The molecule has 0 aliphatic carbocycles. The van der Waals surface area contributed by atoms with Gasteiger partial charge >= 0.3 is 0 Å². The van der Waals surface area contributed by atoms with E-state index in [1.54, 1.807) is 0 Å². The predicted molar refractivity (Wildman–Crippen MR) is 25.7 cm³/mol. The van der Waals surface area contributed by atoms with Crippen LogP contribution in [0.5, 0.6) is 0 Å². The largest absolute Gasteiger partial charge is 0.380 e. The minimum atomic E-state index is -3.16. The topological polar surface area (TPSA) is 46.2 Å². The number of aliphatic hydroxyl groups is 1. The van der Waals surface area contributed by atoms with Gasteiger partial charge in [-0.25, -0.2) is 13.2 Å². The third kappa shape index (κ3) is 1.83. The maximum absolute atomic E-state index is 11.8. The summed E-state index contributed by atoms with van der Waals surface area (Å²) in [5.41, 5.74) is 1.65. The number of rotatable bonds is 2. The van der Waals surface area contributed by atoms with E-state index in [1.165, 1.54) is 0 Å². The summed E-state index contributed by atoms with van der Waals surface area (Å²) in [5.74, 6) is 0.